The van der Waals surface area contributed by atoms with E-state index in [1.165, 1.54) is 24.3 Å². The average Bonchev–Trinajstić information content (AvgIpc) is 2.84. The van der Waals surface area contributed by atoms with Crippen LogP contribution in [0.1, 0.15) is 44.7 Å². The second-order valence-corrected chi connectivity index (χ2v) is 13.5. The Morgan fingerprint density at radius 2 is 1.69 bits per heavy atom. The van der Waals surface area contributed by atoms with E-state index in [0.717, 1.165) is 37.3 Å². The molecule has 2 aromatic carbocycles. The summed E-state index contributed by atoms with van der Waals surface area (Å²) in [4.78, 5) is 9.23. The smallest absolute Gasteiger partial charge is 0.416 e. The molecule has 0 radical (unpaired) electrons. The number of hydrogen-bond donors (Lipinski definition) is 2. The highest BCUT2D eigenvalue weighted by atomic mass is 32.2. The van der Waals surface area contributed by atoms with Crippen LogP contribution < -0.4 is 10.0 Å². The van der Waals surface area contributed by atoms with E-state index in [0.29, 0.717) is 25.5 Å². The molecule has 2 aromatic rings. The summed E-state index contributed by atoms with van der Waals surface area (Å²) in [5, 5.41) is 3.07. The number of alkyl halides is 3. The van der Waals surface area contributed by atoms with Crippen LogP contribution in [0.5, 0.6) is 0 Å². The molecule has 2 N–H and O–H groups in total. The molecule has 0 aliphatic carbocycles. The lowest BCUT2D eigenvalue weighted by molar-refractivity contribution is -0.139. The van der Waals surface area contributed by atoms with Gasteiger partial charge in [0.2, 0.25) is 19.9 Å². The number of carbonyl (C=O) groups excluding carboxylic acids is 1. The average molecular weight is 591 g/mol. The van der Waals surface area contributed by atoms with Crippen LogP contribution in [0.4, 0.5) is 13.2 Å². The van der Waals surface area contributed by atoms with Crippen molar-refractivity contribution in [2.45, 2.75) is 61.2 Å². The van der Waals surface area contributed by atoms with Gasteiger partial charge in [0.25, 0.3) is 6.47 Å². The number of benzene rings is 2. The second-order valence-electron chi connectivity index (χ2n) is 9.73. The standard InChI is InChI=1S/C21H23F3N2O4S2.C5H10O2/c22-21(23,24)20-11-10-19(32(29,30)18-8-2-1-3-9-18)14-16(20)6-5-13-31(27,28)26-17-7-4-12-25-15-17;1-5(2,3)7-4-6/h1-3,5-6,8-11,14,17,25-26H,4,7,12-13,15H2;4H,1-3H3/t17-;/m0./s1. The fourth-order valence-corrected chi connectivity index (χ4v) is 6.01. The lowest BCUT2D eigenvalue weighted by Gasteiger charge is -2.23. The van der Waals surface area contributed by atoms with Crippen LogP contribution in [0.15, 0.2) is 64.4 Å². The van der Waals surface area contributed by atoms with Crippen molar-refractivity contribution in [3.8, 4) is 0 Å². The number of nitrogens with one attached hydrogen (secondary N) is 2. The summed E-state index contributed by atoms with van der Waals surface area (Å²) < 4.78 is 97.5. The Morgan fingerprint density at radius 3 is 2.21 bits per heavy atom. The van der Waals surface area contributed by atoms with Crippen molar-refractivity contribution in [2.75, 3.05) is 18.8 Å². The van der Waals surface area contributed by atoms with Crippen molar-refractivity contribution in [1.29, 1.82) is 0 Å². The third-order valence-corrected chi connectivity index (χ3v) is 8.44. The van der Waals surface area contributed by atoms with Crippen molar-refractivity contribution >= 4 is 32.4 Å². The topological polar surface area (TPSA) is 119 Å². The van der Waals surface area contributed by atoms with Gasteiger partial charge in [-0.3, -0.25) is 4.79 Å². The normalized spacial score (nSPS) is 16.8. The maximum Gasteiger partial charge on any atom is 0.416 e. The van der Waals surface area contributed by atoms with Gasteiger partial charge in [0.15, 0.2) is 0 Å². The van der Waals surface area contributed by atoms with E-state index in [-0.39, 0.29) is 21.4 Å². The minimum absolute atomic E-state index is 0.0532. The van der Waals surface area contributed by atoms with E-state index >= 15 is 0 Å². The van der Waals surface area contributed by atoms with Crippen LogP contribution in [-0.4, -0.2) is 53.8 Å². The molecular weight excluding hydrogens is 557 g/mol. The molecule has 1 heterocycles. The number of piperidine rings is 1. The quantitative estimate of drug-likeness (QED) is 0.443. The maximum atomic E-state index is 13.4. The molecule has 1 aliphatic heterocycles. The lowest BCUT2D eigenvalue weighted by atomic mass is 10.1. The number of carbonyl (C=O) groups is 1. The number of ether oxygens (including phenoxy) is 1. The number of sulfonamides is 1. The first-order valence-corrected chi connectivity index (χ1v) is 15.2. The molecule has 0 amide bonds. The minimum Gasteiger partial charge on any atom is -0.462 e. The SMILES string of the molecule is CC(C)(C)OC=O.O=S(=O)(CC=Cc1cc(S(=O)(=O)c2ccccc2)ccc1C(F)(F)F)N[C@H]1CCCNC1. The molecule has 1 aliphatic rings. The lowest BCUT2D eigenvalue weighted by Crippen LogP contribution is -2.46. The molecule has 0 saturated carbocycles. The summed E-state index contributed by atoms with van der Waals surface area (Å²) >= 11 is 0. The Balaban J connectivity index is 0.000000673. The molecule has 13 heteroatoms. The molecule has 0 aromatic heterocycles. The van der Waals surface area contributed by atoms with Gasteiger partial charge in [-0.1, -0.05) is 30.4 Å². The van der Waals surface area contributed by atoms with Crippen LogP contribution >= 0.6 is 0 Å². The Bertz CT molecular complexity index is 1330. The van der Waals surface area contributed by atoms with Crippen LogP contribution in [-0.2, 0) is 35.6 Å². The Morgan fingerprint density at radius 1 is 1.03 bits per heavy atom. The number of sulfone groups is 1. The van der Waals surface area contributed by atoms with Gasteiger partial charge in [-0.2, -0.15) is 13.2 Å². The van der Waals surface area contributed by atoms with E-state index < -0.39 is 42.9 Å². The van der Waals surface area contributed by atoms with E-state index in [9.17, 15) is 34.8 Å². The van der Waals surface area contributed by atoms with Gasteiger partial charge in [-0.25, -0.2) is 21.6 Å². The fraction of sp³-hybridized carbons (Fsp3) is 0.423. The molecule has 3 rings (SSSR count). The first-order chi connectivity index (χ1) is 18.0. The number of rotatable bonds is 8. The van der Waals surface area contributed by atoms with Crippen molar-refractivity contribution in [3.05, 3.63) is 65.7 Å². The maximum absolute atomic E-state index is 13.4. The molecule has 1 fully saturated rings. The first kappa shape index (κ1) is 32.5. The zero-order valence-corrected chi connectivity index (χ0v) is 23.5. The number of hydrogen-bond acceptors (Lipinski definition) is 7. The van der Waals surface area contributed by atoms with E-state index in [2.05, 4.69) is 14.8 Å². The van der Waals surface area contributed by atoms with Crippen molar-refractivity contribution in [2.24, 2.45) is 0 Å². The minimum atomic E-state index is -4.74. The summed E-state index contributed by atoms with van der Waals surface area (Å²) in [5.74, 6) is -0.531. The summed E-state index contributed by atoms with van der Waals surface area (Å²) in [6, 6.07) is 9.57. The second kappa shape index (κ2) is 13.6. The number of halogens is 3. The highest BCUT2D eigenvalue weighted by molar-refractivity contribution is 7.91. The van der Waals surface area contributed by atoms with Gasteiger partial charge in [0.05, 0.1) is 21.1 Å². The van der Waals surface area contributed by atoms with Gasteiger partial charge in [0.1, 0.15) is 5.60 Å². The van der Waals surface area contributed by atoms with Gasteiger partial charge < -0.3 is 10.1 Å². The van der Waals surface area contributed by atoms with Gasteiger partial charge in [0, 0.05) is 12.6 Å². The van der Waals surface area contributed by atoms with Crippen LogP contribution in [0.25, 0.3) is 6.08 Å². The van der Waals surface area contributed by atoms with Gasteiger partial charge in [-0.05, 0) is 76.1 Å². The van der Waals surface area contributed by atoms with Gasteiger partial charge in [-0.15, -0.1) is 0 Å². The summed E-state index contributed by atoms with van der Waals surface area (Å²) in [6.07, 6.45) is -1.17. The predicted octanol–water partition coefficient (Wildman–Crippen LogP) is 4.18. The highest BCUT2D eigenvalue weighted by Crippen LogP contribution is 2.34. The third kappa shape index (κ3) is 10.7. The largest absolute Gasteiger partial charge is 0.462 e. The molecule has 39 heavy (non-hydrogen) atoms. The Hall–Kier alpha value is -2.74. The molecule has 216 valence electrons. The van der Waals surface area contributed by atoms with Crippen LogP contribution in [0, 0.1) is 0 Å². The van der Waals surface area contributed by atoms with Gasteiger partial charge >= 0.3 is 6.18 Å². The van der Waals surface area contributed by atoms with Crippen molar-refractivity contribution in [3.63, 3.8) is 0 Å². The van der Waals surface area contributed by atoms with E-state index in [1.807, 2.05) is 20.8 Å². The highest BCUT2D eigenvalue weighted by Gasteiger charge is 2.33. The molecule has 1 saturated heterocycles. The summed E-state index contributed by atoms with van der Waals surface area (Å²) in [6.45, 7) is 7.21. The molecular formula is C26H33F3N2O6S2. The van der Waals surface area contributed by atoms with Crippen molar-refractivity contribution < 1.29 is 39.5 Å². The van der Waals surface area contributed by atoms with E-state index in [1.54, 1.807) is 6.07 Å². The zero-order valence-electron chi connectivity index (χ0n) is 21.9. The van der Waals surface area contributed by atoms with Crippen LogP contribution in [0.3, 0.4) is 0 Å². The summed E-state index contributed by atoms with van der Waals surface area (Å²) in [7, 11) is -7.79. The van der Waals surface area contributed by atoms with Crippen molar-refractivity contribution in [1.82, 2.24) is 10.0 Å². The van der Waals surface area contributed by atoms with Crippen LogP contribution in [0.2, 0.25) is 0 Å². The summed E-state index contributed by atoms with van der Waals surface area (Å²) in [5.41, 5.74) is -1.80. The Labute approximate surface area is 227 Å². The van der Waals surface area contributed by atoms with E-state index in [4.69, 9.17) is 0 Å². The zero-order chi connectivity index (χ0) is 29.3. The molecule has 0 bridgehead atoms. The molecule has 1 atom stereocenters. The third-order valence-electron chi connectivity index (χ3n) is 5.35. The predicted molar refractivity (Wildman–Crippen MR) is 142 cm³/mol. The first-order valence-electron chi connectivity index (χ1n) is 12.1. The molecule has 0 spiro atoms. The Kier molecular flexibility index (Phi) is 11.3. The fourth-order valence-electron chi connectivity index (χ4n) is 3.54. The monoisotopic (exact) mass is 590 g/mol. The molecule has 0 unspecified atom stereocenters. The molecule has 8 nitrogen and oxygen atoms in total.